The maximum atomic E-state index is 12.5. The molecule has 0 aromatic heterocycles. The molecule has 0 spiro atoms. The highest BCUT2D eigenvalue weighted by Crippen LogP contribution is 2.23. The topological polar surface area (TPSA) is 60.0 Å². The van der Waals surface area contributed by atoms with Gasteiger partial charge in [0.1, 0.15) is 0 Å². The lowest BCUT2D eigenvalue weighted by atomic mass is 10.1. The molecule has 1 saturated heterocycles. The number of carbonyl (C=O) groups excluding carboxylic acids is 1. The Bertz CT molecular complexity index is 698. The summed E-state index contributed by atoms with van der Waals surface area (Å²) in [6.45, 7) is 14.1. The summed E-state index contributed by atoms with van der Waals surface area (Å²) in [4.78, 5) is 21.7. The normalized spacial score (nSPS) is 21.5. The van der Waals surface area contributed by atoms with E-state index in [2.05, 4.69) is 55.4 Å². The third-order valence-corrected chi connectivity index (χ3v) is 6.05. The number of likely N-dealkylation sites (tertiary alicyclic amines) is 1. The van der Waals surface area contributed by atoms with E-state index < -0.39 is 0 Å². The van der Waals surface area contributed by atoms with Gasteiger partial charge in [0.15, 0.2) is 5.96 Å². The molecule has 2 atom stereocenters. The van der Waals surface area contributed by atoms with Gasteiger partial charge in [0.2, 0.25) is 5.91 Å². The number of benzene rings is 1. The highest BCUT2D eigenvalue weighted by atomic mass is 127. The zero-order chi connectivity index (χ0) is 20.8. The average Bonchev–Trinajstić information content (AvgIpc) is 3.29. The van der Waals surface area contributed by atoms with E-state index in [0.29, 0.717) is 31.0 Å². The van der Waals surface area contributed by atoms with Gasteiger partial charge in [-0.15, -0.1) is 24.0 Å². The fraction of sp³-hybridized carbons (Fsp3) is 0.652. The van der Waals surface area contributed by atoms with Crippen molar-refractivity contribution in [2.75, 3.05) is 26.2 Å². The van der Waals surface area contributed by atoms with Gasteiger partial charge in [0.25, 0.3) is 0 Å². The molecular weight excluding hydrogens is 489 g/mol. The number of amides is 1. The van der Waals surface area contributed by atoms with Crippen molar-refractivity contribution in [3.63, 3.8) is 0 Å². The Balaban J connectivity index is 0.00000320. The van der Waals surface area contributed by atoms with Crippen LogP contribution in [0.2, 0.25) is 0 Å². The van der Waals surface area contributed by atoms with Crippen LogP contribution in [0, 0.1) is 5.92 Å². The highest BCUT2D eigenvalue weighted by molar-refractivity contribution is 14.0. The number of hydrogen-bond donors (Lipinski definition) is 2. The lowest BCUT2D eigenvalue weighted by Gasteiger charge is -2.22. The largest absolute Gasteiger partial charge is 0.357 e. The second kappa shape index (κ2) is 11.9. The molecule has 2 aliphatic rings. The van der Waals surface area contributed by atoms with E-state index in [-0.39, 0.29) is 29.9 Å². The summed E-state index contributed by atoms with van der Waals surface area (Å²) < 4.78 is 0. The van der Waals surface area contributed by atoms with Crippen LogP contribution in [0.25, 0.3) is 0 Å². The smallest absolute Gasteiger partial charge is 0.223 e. The summed E-state index contributed by atoms with van der Waals surface area (Å²) >= 11 is 0. The fourth-order valence-electron chi connectivity index (χ4n) is 4.20. The second-order valence-electron chi connectivity index (χ2n) is 8.66. The fourth-order valence-corrected chi connectivity index (χ4v) is 4.20. The van der Waals surface area contributed by atoms with E-state index in [1.807, 2.05) is 17.0 Å². The molecule has 2 unspecified atom stereocenters. The molecule has 0 saturated carbocycles. The minimum Gasteiger partial charge on any atom is -0.357 e. The molecule has 0 bridgehead atoms. The lowest BCUT2D eigenvalue weighted by molar-refractivity contribution is -0.131. The Morgan fingerprint density at radius 1 is 1.20 bits per heavy atom. The molecule has 2 aliphatic heterocycles. The van der Waals surface area contributed by atoms with Crippen molar-refractivity contribution < 1.29 is 4.79 Å². The van der Waals surface area contributed by atoms with Crippen LogP contribution in [0.1, 0.15) is 51.7 Å². The van der Waals surface area contributed by atoms with E-state index in [1.54, 1.807) is 0 Å². The maximum absolute atomic E-state index is 12.5. The molecule has 168 valence electrons. The molecule has 3 rings (SSSR count). The highest BCUT2D eigenvalue weighted by Gasteiger charge is 2.31. The first kappa shape index (κ1) is 24.9. The van der Waals surface area contributed by atoms with Gasteiger partial charge in [-0.1, -0.05) is 31.2 Å². The van der Waals surface area contributed by atoms with E-state index in [1.165, 1.54) is 11.1 Å². The minimum absolute atomic E-state index is 0. The Morgan fingerprint density at radius 3 is 2.43 bits per heavy atom. The number of aliphatic imine (C=N–C) groups is 1. The van der Waals surface area contributed by atoms with Gasteiger partial charge in [0, 0.05) is 57.8 Å². The van der Waals surface area contributed by atoms with Gasteiger partial charge in [-0.05, 0) is 44.2 Å². The summed E-state index contributed by atoms with van der Waals surface area (Å²) in [7, 11) is 0. The Morgan fingerprint density at radius 2 is 1.87 bits per heavy atom. The quantitative estimate of drug-likeness (QED) is 0.248. The van der Waals surface area contributed by atoms with Gasteiger partial charge in [-0.2, -0.15) is 0 Å². The van der Waals surface area contributed by atoms with Crippen molar-refractivity contribution in [2.24, 2.45) is 10.9 Å². The first-order valence-electron chi connectivity index (χ1n) is 11.1. The SMILES string of the molecule is CCNC(=NCCCC(=O)N1Cc2ccccc2C1)NC1CN(C(C)C)CC1C.I. The number of fused-ring (bicyclic) bond motifs is 1. The Hall–Kier alpha value is -1.35. The monoisotopic (exact) mass is 527 g/mol. The first-order chi connectivity index (χ1) is 14.0. The number of hydrogen-bond acceptors (Lipinski definition) is 3. The van der Waals surface area contributed by atoms with Crippen LogP contribution >= 0.6 is 24.0 Å². The van der Waals surface area contributed by atoms with Crippen LogP contribution in [-0.2, 0) is 17.9 Å². The molecule has 1 aromatic carbocycles. The minimum atomic E-state index is 0. The van der Waals surface area contributed by atoms with Gasteiger partial charge in [-0.25, -0.2) is 0 Å². The summed E-state index contributed by atoms with van der Waals surface area (Å²) in [5.41, 5.74) is 2.55. The van der Waals surface area contributed by atoms with Crippen LogP contribution in [0.15, 0.2) is 29.3 Å². The molecule has 2 heterocycles. The maximum Gasteiger partial charge on any atom is 0.223 e. The Labute approximate surface area is 198 Å². The van der Waals surface area contributed by atoms with E-state index in [9.17, 15) is 4.79 Å². The predicted octanol–water partition coefficient (Wildman–Crippen LogP) is 3.21. The summed E-state index contributed by atoms with van der Waals surface area (Å²) in [5.74, 6) is 1.70. The van der Waals surface area contributed by atoms with Gasteiger partial charge in [-0.3, -0.25) is 14.7 Å². The zero-order valence-corrected chi connectivity index (χ0v) is 21.2. The molecular formula is C23H38IN5O. The summed E-state index contributed by atoms with van der Waals surface area (Å²) in [5, 5.41) is 6.96. The standard InChI is InChI=1S/C23H37N5O.HI/c1-5-24-23(26-21-16-27(17(2)3)13-18(21)4)25-12-8-11-22(29)28-14-19-9-6-7-10-20(19)15-28;/h6-7,9-10,17-18,21H,5,8,11-16H2,1-4H3,(H2,24,25,26);1H. The molecule has 0 radical (unpaired) electrons. The Kier molecular flexibility index (Phi) is 9.87. The van der Waals surface area contributed by atoms with Crippen LogP contribution in [0.4, 0.5) is 0 Å². The molecule has 30 heavy (non-hydrogen) atoms. The molecule has 6 nitrogen and oxygen atoms in total. The second-order valence-corrected chi connectivity index (χ2v) is 8.66. The average molecular weight is 527 g/mol. The molecule has 7 heteroatoms. The van der Waals surface area contributed by atoms with E-state index in [0.717, 1.165) is 45.1 Å². The molecule has 1 aromatic rings. The number of carbonyl (C=O) groups is 1. The number of nitrogens with zero attached hydrogens (tertiary/aromatic N) is 3. The first-order valence-corrected chi connectivity index (χ1v) is 11.1. The van der Waals surface area contributed by atoms with Crippen molar-refractivity contribution in [3.05, 3.63) is 35.4 Å². The molecule has 0 aliphatic carbocycles. The predicted molar refractivity (Wildman–Crippen MR) is 134 cm³/mol. The summed E-state index contributed by atoms with van der Waals surface area (Å²) in [6.07, 6.45) is 1.33. The molecule has 2 N–H and O–H groups in total. The molecule has 1 amide bonds. The van der Waals surface area contributed by atoms with Crippen LogP contribution < -0.4 is 10.6 Å². The zero-order valence-electron chi connectivity index (χ0n) is 18.9. The third kappa shape index (κ3) is 6.57. The molecule has 1 fully saturated rings. The van der Waals surface area contributed by atoms with Crippen LogP contribution in [-0.4, -0.2) is 59.9 Å². The van der Waals surface area contributed by atoms with Gasteiger partial charge < -0.3 is 15.5 Å². The van der Waals surface area contributed by atoms with Crippen molar-refractivity contribution in [2.45, 2.75) is 65.7 Å². The van der Waals surface area contributed by atoms with Crippen molar-refractivity contribution >= 4 is 35.8 Å². The van der Waals surface area contributed by atoms with Crippen LogP contribution in [0.3, 0.4) is 0 Å². The van der Waals surface area contributed by atoms with Crippen molar-refractivity contribution in [3.8, 4) is 0 Å². The lowest BCUT2D eigenvalue weighted by Crippen LogP contribution is -2.46. The number of guanidine groups is 1. The number of nitrogens with one attached hydrogen (secondary N) is 2. The van der Waals surface area contributed by atoms with Gasteiger partial charge in [0.05, 0.1) is 0 Å². The van der Waals surface area contributed by atoms with Crippen molar-refractivity contribution in [1.29, 1.82) is 0 Å². The number of halogens is 1. The van der Waals surface area contributed by atoms with Crippen LogP contribution in [0.5, 0.6) is 0 Å². The third-order valence-electron chi connectivity index (χ3n) is 6.05. The van der Waals surface area contributed by atoms with Crippen molar-refractivity contribution in [1.82, 2.24) is 20.4 Å². The number of rotatable bonds is 7. The van der Waals surface area contributed by atoms with E-state index >= 15 is 0 Å². The van der Waals surface area contributed by atoms with Gasteiger partial charge >= 0.3 is 0 Å². The summed E-state index contributed by atoms with van der Waals surface area (Å²) in [6, 6.07) is 9.31. The van der Waals surface area contributed by atoms with E-state index in [4.69, 9.17) is 4.99 Å².